The van der Waals surface area contributed by atoms with E-state index in [0.29, 0.717) is 5.92 Å². The maximum absolute atomic E-state index is 5.44. The average molecular weight is 367 g/mol. The highest BCUT2D eigenvalue weighted by atomic mass is 16.5. The second-order valence-corrected chi connectivity index (χ2v) is 7.63. The van der Waals surface area contributed by atoms with Gasteiger partial charge < -0.3 is 14.8 Å². The number of hydrogen-bond donors (Lipinski definition) is 1. The fourth-order valence-corrected chi connectivity index (χ4v) is 3.17. The third-order valence-corrected chi connectivity index (χ3v) is 5.11. The highest BCUT2D eigenvalue weighted by Gasteiger charge is 2.29. The molecular weight excluding hydrogens is 342 g/mol. The zero-order chi connectivity index (χ0) is 19.0. The number of ether oxygens (including phenoxy) is 2. The Bertz CT molecular complexity index is 962. The zero-order valence-corrected chi connectivity index (χ0v) is 16.2. The molecular formula is C20H25N5O2. The molecule has 3 aromatic rings. The smallest absolute Gasteiger partial charge is 0.178 e. The highest BCUT2D eigenvalue weighted by Crippen LogP contribution is 2.38. The van der Waals surface area contributed by atoms with Gasteiger partial charge in [0.2, 0.25) is 0 Å². The molecule has 142 valence electrons. The van der Waals surface area contributed by atoms with Crippen LogP contribution >= 0.6 is 0 Å². The summed E-state index contributed by atoms with van der Waals surface area (Å²) >= 11 is 0. The maximum Gasteiger partial charge on any atom is 0.178 e. The molecule has 1 fully saturated rings. The van der Waals surface area contributed by atoms with Gasteiger partial charge in [-0.2, -0.15) is 4.52 Å². The Morgan fingerprint density at radius 2 is 1.85 bits per heavy atom. The van der Waals surface area contributed by atoms with E-state index in [9.17, 15) is 0 Å². The molecule has 0 bridgehead atoms. The van der Waals surface area contributed by atoms with Crippen molar-refractivity contribution >= 4 is 11.5 Å². The van der Waals surface area contributed by atoms with Crippen LogP contribution in [0, 0.1) is 0 Å². The molecule has 0 amide bonds. The van der Waals surface area contributed by atoms with Crippen LogP contribution in [-0.4, -0.2) is 40.6 Å². The number of rotatable bonds is 7. The van der Waals surface area contributed by atoms with E-state index in [1.807, 2.05) is 28.8 Å². The molecule has 1 saturated carbocycles. The fraction of sp³-hybridized carbons (Fsp3) is 0.450. The Balaban J connectivity index is 1.53. The molecule has 0 radical (unpaired) electrons. The molecule has 1 aliphatic rings. The summed E-state index contributed by atoms with van der Waals surface area (Å²) < 4.78 is 12.6. The van der Waals surface area contributed by atoms with E-state index >= 15 is 0 Å². The van der Waals surface area contributed by atoms with E-state index in [1.165, 1.54) is 12.8 Å². The van der Waals surface area contributed by atoms with E-state index in [4.69, 9.17) is 14.6 Å². The van der Waals surface area contributed by atoms with Gasteiger partial charge in [-0.05, 0) is 42.7 Å². The molecule has 7 nitrogen and oxygen atoms in total. The van der Waals surface area contributed by atoms with Crippen LogP contribution in [0.15, 0.2) is 30.3 Å². The van der Waals surface area contributed by atoms with Crippen molar-refractivity contribution in [3.63, 3.8) is 0 Å². The standard InChI is InChI=1S/C20H25N5O2/c1-20(2,14-7-8-15(26-3)16(11-14)27-4)12-21-17-9-10-18-22-23-19(13-5-6-13)25(18)24-17/h7-11,13H,5-6,12H2,1-4H3,(H,21,24). The van der Waals surface area contributed by atoms with Crippen molar-refractivity contribution in [3.8, 4) is 11.5 Å². The van der Waals surface area contributed by atoms with Gasteiger partial charge in [0, 0.05) is 17.9 Å². The van der Waals surface area contributed by atoms with E-state index < -0.39 is 0 Å². The van der Waals surface area contributed by atoms with Crippen molar-refractivity contribution in [2.24, 2.45) is 0 Å². The van der Waals surface area contributed by atoms with E-state index in [0.717, 1.165) is 40.9 Å². The van der Waals surface area contributed by atoms with E-state index in [2.05, 4.69) is 35.4 Å². The second-order valence-electron chi connectivity index (χ2n) is 7.63. The predicted octanol–water partition coefficient (Wildman–Crippen LogP) is 3.41. The normalized spacial score (nSPS) is 14.4. The van der Waals surface area contributed by atoms with E-state index in [-0.39, 0.29) is 5.41 Å². The summed E-state index contributed by atoms with van der Waals surface area (Å²) in [5, 5.41) is 16.6. The van der Waals surface area contributed by atoms with Crippen LogP contribution in [0.2, 0.25) is 0 Å². The largest absolute Gasteiger partial charge is 0.493 e. The number of aromatic nitrogens is 4. The summed E-state index contributed by atoms with van der Waals surface area (Å²) in [7, 11) is 3.30. The van der Waals surface area contributed by atoms with Crippen molar-refractivity contribution in [3.05, 3.63) is 41.7 Å². The number of hydrogen-bond acceptors (Lipinski definition) is 6. The van der Waals surface area contributed by atoms with Gasteiger partial charge in [-0.3, -0.25) is 0 Å². The van der Waals surface area contributed by atoms with Crippen LogP contribution < -0.4 is 14.8 Å². The summed E-state index contributed by atoms with van der Waals surface area (Å²) in [6.45, 7) is 5.10. The van der Waals surface area contributed by atoms with Gasteiger partial charge in [0.25, 0.3) is 0 Å². The number of methoxy groups -OCH3 is 2. The minimum Gasteiger partial charge on any atom is -0.493 e. The second kappa shape index (κ2) is 6.72. The molecule has 1 aliphatic carbocycles. The van der Waals surface area contributed by atoms with Gasteiger partial charge >= 0.3 is 0 Å². The van der Waals surface area contributed by atoms with Gasteiger partial charge in [0.15, 0.2) is 23.0 Å². The fourth-order valence-electron chi connectivity index (χ4n) is 3.17. The van der Waals surface area contributed by atoms with Crippen molar-refractivity contribution < 1.29 is 9.47 Å². The Morgan fingerprint density at radius 1 is 1.07 bits per heavy atom. The Hall–Kier alpha value is -2.83. The third-order valence-electron chi connectivity index (χ3n) is 5.11. The van der Waals surface area contributed by atoms with Crippen molar-refractivity contribution in [1.29, 1.82) is 0 Å². The minimum absolute atomic E-state index is 0.122. The molecule has 4 rings (SSSR count). The summed E-state index contributed by atoms with van der Waals surface area (Å²) in [5.41, 5.74) is 1.83. The topological polar surface area (TPSA) is 73.6 Å². The molecule has 0 spiro atoms. The van der Waals surface area contributed by atoms with E-state index in [1.54, 1.807) is 14.2 Å². The Kier molecular flexibility index (Phi) is 4.37. The molecule has 1 aromatic carbocycles. The first-order valence-electron chi connectivity index (χ1n) is 9.20. The maximum atomic E-state index is 5.44. The predicted molar refractivity (Wildman–Crippen MR) is 104 cm³/mol. The molecule has 0 saturated heterocycles. The monoisotopic (exact) mass is 367 g/mol. The first kappa shape index (κ1) is 17.6. The van der Waals surface area contributed by atoms with Gasteiger partial charge in [-0.15, -0.1) is 15.3 Å². The third kappa shape index (κ3) is 3.41. The van der Waals surface area contributed by atoms with Crippen LogP contribution in [0.1, 0.15) is 44.0 Å². The quantitative estimate of drug-likeness (QED) is 0.690. The lowest BCUT2D eigenvalue weighted by Crippen LogP contribution is -2.28. The summed E-state index contributed by atoms with van der Waals surface area (Å²) in [4.78, 5) is 0. The van der Waals surface area contributed by atoms with Crippen LogP contribution in [0.3, 0.4) is 0 Å². The van der Waals surface area contributed by atoms with Crippen molar-refractivity contribution in [2.45, 2.75) is 38.0 Å². The lowest BCUT2D eigenvalue weighted by atomic mass is 9.84. The molecule has 0 atom stereocenters. The van der Waals surface area contributed by atoms with Crippen LogP contribution in [0.25, 0.3) is 5.65 Å². The molecule has 2 aromatic heterocycles. The Labute approximate surface area is 158 Å². The number of nitrogens with one attached hydrogen (secondary N) is 1. The van der Waals surface area contributed by atoms with Gasteiger partial charge in [0.1, 0.15) is 5.82 Å². The van der Waals surface area contributed by atoms with Crippen LogP contribution in [0.5, 0.6) is 11.5 Å². The molecule has 2 heterocycles. The Morgan fingerprint density at radius 3 is 2.56 bits per heavy atom. The number of nitrogens with zero attached hydrogens (tertiary/aromatic N) is 4. The summed E-state index contributed by atoms with van der Waals surface area (Å²) in [6.07, 6.45) is 2.35. The zero-order valence-electron chi connectivity index (χ0n) is 16.2. The van der Waals surface area contributed by atoms with Crippen LogP contribution in [0.4, 0.5) is 5.82 Å². The summed E-state index contributed by atoms with van der Waals surface area (Å²) in [5.74, 6) is 3.76. The first-order valence-corrected chi connectivity index (χ1v) is 9.20. The first-order chi connectivity index (χ1) is 13.0. The van der Waals surface area contributed by atoms with Crippen molar-refractivity contribution in [2.75, 3.05) is 26.1 Å². The van der Waals surface area contributed by atoms with Gasteiger partial charge in [-0.1, -0.05) is 19.9 Å². The lowest BCUT2D eigenvalue weighted by molar-refractivity contribution is 0.353. The number of benzene rings is 1. The molecule has 27 heavy (non-hydrogen) atoms. The molecule has 0 unspecified atom stereocenters. The molecule has 7 heteroatoms. The minimum atomic E-state index is -0.122. The average Bonchev–Trinajstić information content (AvgIpc) is 3.44. The highest BCUT2D eigenvalue weighted by molar-refractivity contribution is 5.47. The van der Waals surface area contributed by atoms with Gasteiger partial charge in [-0.25, -0.2) is 0 Å². The molecule has 0 aliphatic heterocycles. The van der Waals surface area contributed by atoms with Crippen LogP contribution in [-0.2, 0) is 5.41 Å². The number of anilines is 1. The lowest BCUT2D eigenvalue weighted by Gasteiger charge is -2.26. The molecule has 1 N–H and O–H groups in total. The number of fused-ring (bicyclic) bond motifs is 1. The van der Waals surface area contributed by atoms with Gasteiger partial charge in [0.05, 0.1) is 14.2 Å². The SMILES string of the molecule is COc1ccc(C(C)(C)CNc2ccc3nnc(C4CC4)n3n2)cc1OC. The van der Waals surface area contributed by atoms with Crippen molar-refractivity contribution in [1.82, 2.24) is 19.8 Å². The summed E-state index contributed by atoms with van der Waals surface area (Å²) in [6, 6.07) is 9.95.